The summed E-state index contributed by atoms with van der Waals surface area (Å²) in [5.74, 6) is 0. The molecule has 1 aliphatic rings. The predicted molar refractivity (Wildman–Crippen MR) is 56.6 cm³/mol. The molecule has 1 N–H and O–H groups in total. The molecule has 0 aromatic heterocycles. The molecule has 4 heteroatoms. The van der Waals surface area contributed by atoms with Gasteiger partial charge in [0.2, 0.25) is 0 Å². The average molecular weight is 218 g/mol. The first kappa shape index (κ1) is 12.9. The van der Waals surface area contributed by atoms with Gasteiger partial charge < -0.3 is 19.3 Å². The molecule has 0 saturated carbocycles. The largest absolute Gasteiger partial charge is 0.391 e. The van der Waals surface area contributed by atoms with Crippen LogP contribution in [0.5, 0.6) is 0 Å². The zero-order chi connectivity index (χ0) is 11.5. The maximum absolute atomic E-state index is 9.39. The minimum absolute atomic E-state index is 0.0825. The van der Waals surface area contributed by atoms with Crippen LogP contribution >= 0.6 is 0 Å². The van der Waals surface area contributed by atoms with Gasteiger partial charge >= 0.3 is 0 Å². The molecule has 0 spiro atoms. The van der Waals surface area contributed by atoms with E-state index in [4.69, 9.17) is 14.2 Å². The Morgan fingerprint density at radius 2 is 1.87 bits per heavy atom. The Morgan fingerprint density at radius 3 is 2.20 bits per heavy atom. The second kappa shape index (κ2) is 5.25. The number of ether oxygens (including phenoxy) is 3. The van der Waals surface area contributed by atoms with Crippen LogP contribution in [0.15, 0.2) is 0 Å². The number of epoxide rings is 1. The Labute approximate surface area is 91.5 Å². The molecule has 0 aromatic rings. The molecular weight excluding hydrogens is 196 g/mol. The van der Waals surface area contributed by atoms with Gasteiger partial charge in [0.15, 0.2) is 6.29 Å². The monoisotopic (exact) mass is 218 g/mol. The fraction of sp³-hybridized carbons (Fsp3) is 1.00. The number of hydrogen-bond donors (Lipinski definition) is 1. The summed E-state index contributed by atoms with van der Waals surface area (Å²) in [5, 5.41) is 9.39. The first-order valence-corrected chi connectivity index (χ1v) is 5.62. The predicted octanol–water partition coefficient (Wildman–Crippen LogP) is 1.31. The Bertz CT molecular complexity index is 189. The van der Waals surface area contributed by atoms with Crippen LogP contribution in [0, 0.1) is 0 Å². The minimum Gasteiger partial charge on any atom is -0.391 e. The first-order chi connectivity index (χ1) is 7.03. The molecule has 0 aromatic carbocycles. The van der Waals surface area contributed by atoms with Crippen LogP contribution in [0.1, 0.15) is 34.1 Å². The summed E-state index contributed by atoms with van der Waals surface area (Å²) >= 11 is 0. The maximum Gasteiger partial charge on any atom is 0.160 e. The van der Waals surface area contributed by atoms with Crippen molar-refractivity contribution in [1.82, 2.24) is 0 Å². The Kier molecular flexibility index (Phi) is 4.52. The summed E-state index contributed by atoms with van der Waals surface area (Å²) in [6.45, 7) is 8.85. The molecule has 1 aliphatic heterocycles. The fourth-order valence-electron chi connectivity index (χ4n) is 1.90. The van der Waals surface area contributed by atoms with Crippen LogP contribution < -0.4 is 0 Å². The van der Waals surface area contributed by atoms with Crippen LogP contribution in [0.3, 0.4) is 0 Å². The van der Waals surface area contributed by atoms with Gasteiger partial charge in [-0.1, -0.05) is 0 Å². The van der Waals surface area contributed by atoms with E-state index in [1.54, 1.807) is 6.92 Å². The van der Waals surface area contributed by atoms with Gasteiger partial charge in [-0.15, -0.1) is 0 Å². The van der Waals surface area contributed by atoms with Crippen molar-refractivity contribution in [1.29, 1.82) is 0 Å². The summed E-state index contributed by atoms with van der Waals surface area (Å²) in [7, 11) is 0. The molecule has 0 bridgehead atoms. The Hall–Kier alpha value is -0.160. The second-order valence-electron chi connectivity index (χ2n) is 4.14. The molecule has 0 aliphatic carbocycles. The molecule has 0 unspecified atom stereocenters. The van der Waals surface area contributed by atoms with Crippen molar-refractivity contribution in [3.63, 3.8) is 0 Å². The van der Waals surface area contributed by atoms with Gasteiger partial charge in [-0.2, -0.15) is 0 Å². The summed E-state index contributed by atoms with van der Waals surface area (Å²) in [6, 6.07) is 0. The van der Waals surface area contributed by atoms with Crippen molar-refractivity contribution in [3.8, 4) is 0 Å². The van der Waals surface area contributed by atoms with Crippen LogP contribution in [0.2, 0.25) is 0 Å². The van der Waals surface area contributed by atoms with Crippen molar-refractivity contribution < 1.29 is 19.3 Å². The molecule has 0 radical (unpaired) electrons. The maximum atomic E-state index is 9.39. The lowest BCUT2D eigenvalue weighted by Gasteiger charge is -2.19. The van der Waals surface area contributed by atoms with Crippen molar-refractivity contribution in [2.75, 3.05) is 13.2 Å². The van der Waals surface area contributed by atoms with Crippen LogP contribution in [-0.2, 0) is 14.2 Å². The summed E-state index contributed by atoms with van der Waals surface area (Å²) in [6.07, 6.45) is -0.0712. The average Bonchev–Trinajstić information content (AvgIpc) is 2.79. The summed E-state index contributed by atoms with van der Waals surface area (Å²) in [5.41, 5.74) is -0.289. The molecular formula is C11H22O4. The summed E-state index contributed by atoms with van der Waals surface area (Å²) < 4.78 is 16.4. The first-order valence-electron chi connectivity index (χ1n) is 5.62. The van der Waals surface area contributed by atoms with Gasteiger partial charge in [-0.25, -0.2) is 0 Å². The van der Waals surface area contributed by atoms with Crippen LogP contribution in [0.25, 0.3) is 0 Å². The van der Waals surface area contributed by atoms with E-state index in [1.807, 2.05) is 20.8 Å². The Morgan fingerprint density at radius 1 is 1.33 bits per heavy atom. The Balaban J connectivity index is 2.38. The highest BCUT2D eigenvalue weighted by Crippen LogP contribution is 2.42. The van der Waals surface area contributed by atoms with E-state index in [9.17, 15) is 5.11 Å². The molecule has 90 valence electrons. The SMILES string of the molecule is CCOC(C[C@@]1(C)O[C@@H]1[C@@H](C)O)OCC. The third-order valence-electron chi connectivity index (χ3n) is 2.66. The lowest BCUT2D eigenvalue weighted by atomic mass is 10.0. The van der Waals surface area contributed by atoms with E-state index in [-0.39, 0.29) is 18.0 Å². The topological polar surface area (TPSA) is 51.2 Å². The molecule has 0 amide bonds. The van der Waals surface area contributed by atoms with Crippen molar-refractivity contribution in [2.24, 2.45) is 0 Å². The smallest absolute Gasteiger partial charge is 0.160 e. The zero-order valence-corrected chi connectivity index (χ0v) is 10.0. The molecule has 4 nitrogen and oxygen atoms in total. The minimum atomic E-state index is -0.432. The van der Waals surface area contributed by atoms with Gasteiger partial charge in [0.1, 0.15) is 6.10 Å². The van der Waals surface area contributed by atoms with E-state index >= 15 is 0 Å². The van der Waals surface area contributed by atoms with Gasteiger partial charge in [0.05, 0.1) is 11.7 Å². The van der Waals surface area contributed by atoms with E-state index in [2.05, 4.69) is 0 Å². The van der Waals surface area contributed by atoms with Crippen molar-refractivity contribution in [3.05, 3.63) is 0 Å². The quantitative estimate of drug-likeness (QED) is 0.517. The molecule has 1 rings (SSSR count). The second-order valence-corrected chi connectivity index (χ2v) is 4.14. The van der Waals surface area contributed by atoms with E-state index in [1.165, 1.54) is 0 Å². The number of rotatable bonds is 7. The van der Waals surface area contributed by atoms with Gasteiger partial charge in [-0.05, 0) is 27.7 Å². The summed E-state index contributed by atoms with van der Waals surface area (Å²) in [4.78, 5) is 0. The number of aliphatic hydroxyl groups excluding tert-OH is 1. The van der Waals surface area contributed by atoms with Crippen molar-refractivity contribution in [2.45, 2.75) is 58.2 Å². The molecule has 3 atom stereocenters. The highest BCUT2D eigenvalue weighted by Gasteiger charge is 2.55. The highest BCUT2D eigenvalue weighted by atomic mass is 16.7. The van der Waals surface area contributed by atoms with E-state index in [0.717, 1.165) is 0 Å². The number of aliphatic hydroxyl groups is 1. The molecule has 1 saturated heterocycles. The highest BCUT2D eigenvalue weighted by molar-refractivity contribution is 5.02. The van der Waals surface area contributed by atoms with Gasteiger partial charge in [0, 0.05) is 19.6 Å². The van der Waals surface area contributed by atoms with Gasteiger partial charge in [0.25, 0.3) is 0 Å². The molecule has 1 fully saturated rings. The van der Waals surface area contributed by atoms with Crippen LogP contribution in [0.4, 0.5) is 0 Å². The normalized spacial score (nSPS) is 32.0. The third kappa shape index (κ3) is 3.41. The third-order valence-corrected chi connectivity index (χ3v) is 2.66. The fourth-order valence-corrected chi connectivity index (χ4v) is 1.90. The van der Waals surface area contributed by atoms with Gasteiger partial charge in [-0.3, -0.25) is 0 Å². The van der Waals surface area contributed by atoms with Crippen LogP contribution in [-0.4, -0.2) is 42.4 Å². The van der Waals surface area contributed by atoms with E-state index in [0.29, 0.717) is 19.6 Å². The molecule has 15 heavy (non-hydrogen) atoms. The lowest BCUT2D eigenvalue weighted by molar-refractivity contribution is -0.147. The van der Waals surface area contributed by atoms with E-state index < -0.39 is 6.10 Å². The number of hydrogen-bond acceptors (Lipinski definition) is 4. The molecule has 1 heterocycles. The van der Waals surface area contributed by atoms with Crippen molar-refractivity contribution >= 4 is 0 Å². The lowest BCUT2D eigenvalue weighted by Crippen LogP contribution is -2.28. The zero-order valence-electron chi connectivity index (χ0n) is 10.0. The standard InChI is InChI=1S/C11H22O4/c1-5-13-9(14-6-2)7-11(4)10(15-11)8(3)12/h8-10,12H,5-7H2,1-4H3/t8-,10-,11-/m1/s1.